The van der Waals surface area contributed by atoms with Crippen LogP contribution in [-0.4, -0.2) is 16.6 Å². The third kappa shape index (κ3) is 3.84. The third-order valence-electron chi connectivity index (χ3n) is 3.23. The van der Waals surface area contributed by atoms with E-state index in [0.29, 0.717) is 17.0 Å². The van der Waals surface area contributed by atoms with Gasteiger partial charge in [0.2, 0.25) is 5.88 Å². The Balaban J connectivity index is 1.91. The maximum Gasteiger partial charge on any atom is 0.218 e. The molecule has 3 nitrogen and oxygen atoms in total. The molecule has 1 aromatic heterocycles. The van der Waals surface area contributed by atoms with Gasteiger partial charge in [-0.3, -0.25) is 0 Å². The van der Waals surface area contributed by atoms with Gasteiger partial charge in [-0.15, -0.1) is 0 Å². The van der Waals surface area contributed by atoms with Crippen LogP contribution in [0.1, 0.15) is 44.9 Å². The van der Waals surface area contributed by atoms with Crippen LogP contribution < -0.4 is 4.74 Å². The van der Waals surface area contributed by atoms with Crippen LogP contribution in [0.25, 0.3) is 0 Å². The Labute approximate surface area is 108 Å². The molecular formula is C13H19ClN2O. The SMILES string of the molecule is CCc1nc(Cl)cc(OCC2CCCCC2)n1. The molecule has 0 amide bonds. The first-order valence-corrected chi connectivity index (χ1v) is 6.82. The molecule has 1 saturated carbocycles. The molecule has 0 radical (unpaired) electrons. The van der Waals surface area contributed by atoms with Crippen molar-refractivity contribution in [2.24, 2.45) is 5.92 Å². The monoisotopic (exact) mass is 254 g/mol. The third-order valence-corrected chi connectivity index (χ3v) is 3.42. The highest BCUT2D eigenvalue weighted by Crippen LogP contribution is 2.24. The molecule has 0 N–H and O–H groups in total. The van der Waals surface area contributed by atoms with Crippen LogP contribution in [0.2, 0.25) is 5.15 Å². The standard InChI is InChI=1S/C13H19ClN2O/c1-2-12-15-11(14)8-13(16-12)17-9-10-6-4-3-5-7-10/h8,10H,2-7,9H2,1H3. The smallest absolute Gasteiger partial charge is 0.218 e. The molecule has 17 heavy (non-hydrogen) atoms. The van der Waals surface area contributed by atoms with E-state index in [2.05, 4.69) is 9.97 Å². The van der Waals surface area contributed by atoms with E-state index >= 15 is 0 Å². The summed E-state index contributed by atoms with van der Waals surface area (Å²) in [4.78, 5) is 8.44. The minimum Gasteiger partial charge on any atom is -0.477 e. The van der Waals surface area contributed by atoms with Gasteiger partial charge in [0.1, 0.15) is 11.0 Å². The van der Waals surface area contributed by atoms with Crippen molar-refractivity contribution in [2.75, 3.05) is 6.61 Å². The number of ether oxygens (including phenoxy) is 1. The summed E-state index contributed by atoms with van der Waals surface area (Å²) in [5.74, 6) is 2.05. The van der Waals surface area contributed by atoms with Gasteiger partial charge in [0.25, 0.3) is 0 Å². The zero-order chi connectivity index (χ0) is 12.1. The highest BCUT2D eigenvalue weighted by molar-refractivity contribution is 6.29. The van der Waals surface area contributed by atoms with Gasteiger partial charge in [-0.25, -0.2) is 4.98 Å². The topological polar surface area (TPSA) is 35.0 Å². The van der Waals surface area contributed by atoms with Crippen LogP contribution in [0, 0.1) is 5.92 Å². The summed E-state index contributed by atoms with van der Waals surface area (Å²) < 4.78 is 5.73. The van der Waals surface area contributed by atoms with Crippen LogP contribution >= 0.6 is 11.6 Å². The predicted molar refractivity (Wildman–Crippen MR) is 68.5 cm³/mol. The Morgan fingerprint density at radius 3 is 2.76 bits per heavy atom. The molecule has 94 valence electrons. The van der Waals surface area contributed by atoms with E-state index in [1.807, 2.05) is 6.92 Å². The number of nitrogens with zero attached hydrogens (tertiary/aromatic N) is 2. The van der Waals surface area contributed by atoms with Gasteiger partial charge in [0.15, 0.2) is 0 Å². The summed E-state index contributed by atoms with van der Waals surface area (Å²) in [6, 6.07) is 1.70. The molecule has 0 unspecified atom stereocenters. The number of aromatic nitrogens is 2. The molecule has 4 heteroatoms. The highest BCUT2D eigenvalue weighted by atomic mass is 35.5. The van der Waals surface area contributed by atoms with E-state index in [9.17, 15) is 0 Å². The fourth-order valence-corrected chi connectivity index (χ4v) is 2.42. The summed E-state index contributed by atoms with van der Waals surface area (Å²) in [6.45, 7) is 2.77. The average Bonchev–Trinajstić information content (AvgIpc) is 2.37. The zero-order valence-corrected chi connectivity index (χ0v) is 11.0. The van der Waals surface area contributed by atoms with Crippen molar-refractivity contribution < 1.29 is 4.74 Å². The lowest BCUT2D eigenvalue weighted by atomic mass is 9.90. The molecule has 1 heterocycles. The second-order valence-corrected chi connectivity index (χ2v) is 5.00. The van der Waals surface area contributed by atoms with Gasteiger partial charge >= 0.3 is 0 Å². The van der Waals surface area contributed by atoms with Crippen molar-refractivity contribution in [1.29, 1.82) is 0 Å². The maximum atomic E-state index is 5.92. The van der Waals surface area contributed by atoms with Gasteiger partial charge in [-0.2, -0.15) is 4.98 Å². The number of rotatable bonds is 4. The van der Waals surface area contributed by atoms with Crippen LogP contribution in [0.4, 0.5) is 0 Å². The fraction of sp³-hybridized carbons (Fsp3) is 0.692. The molecule has 1 aliphatic carbocycles. The Hall–Kier alpha value is -0.830. The first-order valence-electron chi connectivity index (χ1n) is 6.44. The van der Waals surface area contributed by atoms with Crippen molar-refractivity contribution in [3.05, 3.63) is 17.0 Å². The number of hydrogen-bond acceptors (Lipinski definition) is 3. The molecule has 1 aliphatic rings. The van der Waals surface area contributed by atoms with Crippen molar-refractivity contribution in [1.82, 2.24) is 9.97 Å². The summed E-state index contributed by atoms with van der Waals surface area (Å²) in [5, 5.41) is 0.468. The average molecular weight is 255 g/mol. The predicted octanol–water partition coefficient (Wildman–Crippen LogP) is 3.65. The van der Waals surface area contributed by atoms with Gasteiger partial charge in [-0.1, -0.05) is 37.8 Å². The Kier molecular flexibility index (Phi) is 4.60. The highest BCUT2D eigenvalue weighted by Gasteiger charge is 2.14. The maximum absolute atomic E-state index is 5.92. The molecule has 1 aromatic rings. The summed E-state index contributed by atoms with van der Waals surface area (Å²) >= 11 is 5.92. The molecule has 0 aromatic carbocycles. The van der Waals surface area contributed by atoms with Gasteiger partial charge in [0.05, 0.1) is 6.61 Å². The summed E-state index contributed by atoms with van der Waals surface area (Å²) in [6.07, 6.45) is 7.37. The van der Waals surface area contributed by atoms with Gasteiger partial charge in [0, 0.05) is 12.5 Å². The van der Waals surface area contributed by atoms with Crippen molar-refractivity contribution in [3.8, 4) is 5.88 Å². The van der Waals surface area contributed by atoms with E-state index in [1.54, 1.807) is 6.07 Å². The second-order valence-electron chi connectivity index (χ2n) is 4.61. The molecule has 0 saturated heterocycles. The van der Waals surface area contributed by atoms with E-state index in [0.717, 1.165) is 18.9 Å². The van der Waals surface area contributed by atoms with E-state index in [-0.39, 0.29) is 0 Å². The number of halogens is 1. The molecule has 0 atom stereocenters. The zero-order valence-electron chi connectivity index (χ0n) is 10.3. The van der Waals surface area contributed by atoms with Crippen LogP contribution in [-0.2, 0) is 6.42 Å². The van der Waals surface area contributed by atoms with E-state index in [4.69, 9.17) is 16.3 Å². The quantitative estimate of drug-likeness (QED) is 0.770. The Morgan fingerprint density at radius 2 is 2.06 bits per heavy atom. The Morgan fingerprint density at radius 1 is 1.29 bits per heavy atom. The lowest BCUT2D eigenvalue weighted by molar-refractivity contribution is 0.202. The van der Waals surface area contributed by atoms with E-state index in [1.165, 1.54) is 32.1 Å². The molecule has 0 bridgehead atoms. The molecular weight excluding hydrogens is 236 g/mol. The number of aryl methyl sites for hydroxylation is 1. The van der Waals surface area contributed by atoms with Crippen LogP contribution in [0.3, 0.4) is 0 Å². The lowest BCUT2D eigenvalue weighted by Crippen LogP contribution is -2.16. The minimum absolute atomic E-state index is 0.468. The van der Waals surface area contributed by atoms with Gasteiger partial charge < -0.3 is 4.74 Å². The summed E-state index contributed by atoms with van der Waals surface area (Å²) in [7, 11) is 0. The van der Waals surface area contributed by atoms with Crippen LogP contribution in [0.15, 0.2) is 6.07 Å². The Bertz CT molecular complexity index is 364. The van der Waals surface area contributed by atoms with Gasteiger partial charge in [-0.05, 0) is 18.8 Å². The first-order chi connectivity index (χ1) is 8.28. The van der Waals surface area contributed by atoms with Crippen molar-refractivity contribution >= 4 is 11.6 Å². The van der Waals surface area contributed by atoms with E-state index < -0.39 is 0 Å². The number of hydrogen-bond donors (Lipinski definition) is 0. The molecule has 0 aliphatic heterocycles. The molecule has 0 spiro atoms. The largest absolute Gasteiger partial charge is 0.477 e. The second kappa shape index (κ2) is 6.20. The minimum atomic E-state index is 0.468. The lowest BCUT2D eigenvalue weighted by Gasteiger charge is -2.21. The first kappa shape index (κ1) is 12.6. The molecule has 1 fully saturated rings. The summed E-state index contributed by atoms with van der Waals surface area (Å²) in [5.41, 5.74) is 0. The van der Waals surface area contributed by atoms with Crippen molar-refractivity contribution in [2.45, 2.75) is 45.4 Å². The van der Waals surface area contributed by atoms with Crippen LogP contribution in [0.5, 0.6) is 5.88 Å². The fourth-order valence-electron chi connectivity index (χ4n) is 2.23. The normalized spacial score (nSPS) is 17.1. The molecule has 2 rings (SSSR count). The van der Waals surface area contributed by atoms with Crippen molar-refractivity contribution in [3.63, 3.8) is 0 Å².